The second-order valence-electron chi connectivity index (χ2n) is 5.71. The molecule has 2 aromatic carbocycles. The van der Waals surface area contributed by atoms with Crippen LogP contribution >= 0.6 is 0 Å². The molecule has 0 unspecified atom stereocenters. The number of hydrogen-bond acceptors (Lipinski definition) is 8. The summed E-state index contributed by atoms with van der Waals surface area (Å²) in [6.45, 7) is 3.66. The van der Waals surface area contributed by atoms with Crippen LogP contribution in [-0.4, -0.2) is 41.9 Å². The van der Waals surface area contributed by atoms with E-state index in [1.54, 1.807) is 19.9 Å². The van der Waals surface area contributed by atoms with E-state index in [9.17, 15) is 28.6 Å². The van der Waals surface area contributed by atoms with E-state index < -0.39 is 19.9 Å². The predicted molar refractivity (Wildman–Crippen MR) is 108 cm³/mol. The van der Waals surface area contributed by atoms with Crippen molar-refractivity contribution in [2.75, 3.05) is 18.5 Å². The van der Waals surface area contributed by atoms with E-state index in [1.165, 1.54) is 30.5 Å². The summed E-state index contributed by atoms with van der Waals surface area (Å²) in [7, 11) is -4.02. The van der Waals surface area contributed by atoms with Gasteiger partial charge in [-0.1, -0.05) is 26.0 Å². The van der Waals surface area contributed by atoms with Crippen LogP contribution in [0.2, 0.25) is 0 Å². The highest BCUT2D eigenvalue weighted by Gasteiger charge is 2.27. The molecule has 12 heteroatoms. The molecule has 0 spiro atoms. The molecule has 154 valence electrons. The Bertz CT molecular complexity index is 1050. The van der Waals surface area contributed by atoms with Crippen LogP contribution in [0.5, 0.6) is 0 Å². The van der Waals surface area contributed by atoms with Gasteiger partial charge in [0.1, 0.15) is 4.90 Å². The molecular weight excluding hydrogens is 402 g/mol. The first kappa shape index (κ1) is 21.9. The number of non-ortho nitro benzene ring substituents is 1. The fourth-order valence-corrected chi connectivity index (χ4v) is 4.19. The van der Waals surface area contributed by atoms with Crippen LogP contribution in [0.3, 0.4) is 0 Å². The Morgan fingerprint density at radius 2 is 1.72 bits per heavy atom. The third kappa shape index (κ3) is 4.92. The fraction of sp³-hybridized carbons (Fsp3) is 0.235. The van der Waals surface area contributed by atoms with Crippen LogP contribution < -0.4 is 5.43 Å². The molecule has 0 heterocycles. The summed E-state index contributed by atoms with van der Waals surface area (Å²) in [6.07, 6.45) is 1.17. The van der Waals surface area contributed by atoms with Gasteiger partial charge >= 0.3 is 0 Å². The molecule has 0 atom stereocenters. The zero-order valence-electron chi connectivity index (χ0n) is 15.7. The number of rotatable bonds is 9. The maximum atomic E-state index is 12.9. The third-order valence-electron chi connectivity index (χ3n) is 4.02. The predicted octanol–water partition coefficient (Wildman–Crippen LogP) is 2.98. The Balaban J connectivity index is 2.46. The van der Waals surface area contributed by atoms with Crippen molar-refractivity contribution in [3.8, 4) is 0 Å². The van der Waals surface area contributed by atoms with E-state index >= 15 is 0 Å². The molecule has 1 N–H and O–H groups in total. The molecule has 0 aliphatic carbocycles. The minimum Gasteiger partial charge on any atom is -0.277 e. The number of nitro benzene ring substituents is 2. The van der Waals surface area contributed by atoms with Gasteiger partial charge in [-0.3, -0.25) is 25.7 Å². The second-order valence-corrected chi connectivity index (χ2v) is 7.62. The maximum absolute atomic E-state index is 12.9. The van der Waals surface area contributed by atoms with Crippen LogP contribution in [-0.2, 0) is 10.0 Å². The van der Waals surface area contributed by atoms with Crippen LogP contribution in [0, 0.1) is 20.2 Å². The molecule has 0 aliphatic heterocycles. The van der Waals surface area contributed by atoms with Gasteiger partial charge in [0, 0.05) is 31.3 Å². The Kier molecular flexibility index (Phi) is 6.96. The average Bonchev–Trinajstić information content (AvgIpc) is 2.68. The van der Waals surface area contributed by atoms with E-state index in [1.807, 2.05) is 0 Å². The summed E-state index contributed by atoms with van der Waals surface area (Å²) in [5, 5.41) is 26.0. The number of benzene rings is 2. The molecule has 29 heavy (non-hydrogen) atoms. The molecule has 0 fully saturated rings. The summed E-state index contributed by atoms with van der Waals surface area (Å²) >= 11 is 0. The molecule has 0 amide bonds. The highest BCUT2D eigenvalue weighted by Crippen LogP contribution is 2.29. The van der Waals surface area contributed by atoms with Gasteiger partial charge in [-0.25, -0.2) is 8.42 Å². The van der Waals surface area contributed by atoms with Crippen molar-refractivity contribution < 1.29 is 18.3 Å². The standard InChI is InChI=1S/C17H19N5O6S/c1-3-20(4-2)29(27,28)17-11-14(21(23)24)9-10-15(17)19-18-12-13-7-5-6-8-16(13)22(25)26/h5-12,19H,3-4H2,1-2H3. The Labute approximate surface area is 167 Å². The lowest BCUT2D eigenvalue weighted by Crippen LogP contribution is -2.31. The topological polar surface area (TPSA) is 148 Å². The van der Waals surface area contributed by atoms with Crippen molar-refractivity contribution in [1.29, 1.82) is 0 Å². The fourth-order valence-electron chi connectivity index (χ4n) is 2.57. The zero-order valence-corrected chi connectivity index (χ0v) is 16.5. The first-order valence-electron chi connectivity index (χ1n) is 8.53. The lowest BCUT2D eigenvalue weighted by molar-refractivity contribution is -0.385. The van der Waals surface area contributed by atoms with Gasteiger partial charge in [0.2, 0.25) is 10.0 Å². The molecule has 0 bridgehead atoms. The number of nitrogens with zero attached hydrogens (tertiary/aromatic N) is 4. The van der Waals surface area contributed by atoms with Gasteiger partial charge < -0.3 is 0 Å². The summed E-state index contributed by atoms with van der Waals surface area (Å²) in [5.74, 6) is 0. The van der Waals surface area contributed by atoms with Crippen molar-refractivity contribution in [3.63, 3.8) is 0 Å². The number of hydrazone groups is 1. The van der Waals surface area contributed by atoms with E-state index in [4.69, 9.17) is 0 Å². The minimum absolute atomic E-state index is 0.0114. The normalized spacial score (nSPS) is 11.7. The molecule has 0 aromatic heterocycles. The SMILES string of the molecule is CCN(CC)S(=O)(=O)c1cc([N+](=O)[O-])ccc1NN=Cc1ccccc1[N+](=O)[O-]. The van der Waals surface area contributed by atoms with E-state index in [2.05, 4.69) is 10.5 Å². The van der Waals surface area contributed by atoms with E-state index in [0.717, 1.165) is 16.4 Å². The monoisotopic (exact) mass is 421 g/mol. The summed E-state index contributed by atoms with van der Waals surface area (Å²) in [6, 6.07) is 9.21. The number of nitrogens with one attached hydrogen (secondary N) is 1. The summed E-state index contributed by atoms with van der Waals surface area (Å²) in [5.41, 5.74) is 2.19. The summed E-state index contributed by atoms with van der Waals surface area (Å²) < 4.78 is 26.9. The highest BCUT2D eigenvalue weighted by molar-refractivity contribution is 7.89. The molecule has 0 radical (unpaired) electrons. The first-order valence-corrected chi connectivity index (χ1v) is 9.97. The average molecular weight is 421 g/mol. The highest BCUT2D eigenvalue weighted by atomic mass is 32.2. The van der Waals surface area contributed by atoms with Crippen LogP contribution in [0.25, 0.3) is 0 Å². The van der Waals surface area contributed by atoms with Crippen molar-refractivity contribution >= 4 is 33.3 Å². The Morgan fingerprint density at radius 1 is 1.07 bits per heavy atom. The molecule has 2 aromatic rings. The van der Waals surface area contributed by atoms with Crippen LogP contribution in [0.4, 0.5) is 17.1 Å². The number of sulfonamides is 1. The minimum atomic E-state index is -4.02. The van der Waals surface area contributed by atoms with Crippen LogP contribution in [0.15, 0.2) is 52.5 Å². The van der Waals surface area contributed by atoms with Gasteiger partial charge in [-0.05, 0) is 12.1 Å². The van der Waals surface area contributed by atoms with Gasteiger partial charge in [-0.15, -0.1) is 0 Å². The largest absolute Gasteiger partial charge is 0.278 e. The molecule has 2 rings (SSSR count). The van der Waals surface area contributed by atoms with Gasteiger partial charge in [-0.2, -0.15) is 9.41 Å². The van der Waals surface area contributed by atoms with Gasteiger partial charge in [0.05, 0.1) is 27.3 Å². The summed E-state index contributed by atoms with van der Waals surface area (Å²) in [4.78, 5) is 20.6. The molecule has 0 aliphatic rings. The van der Waals surface area contributed by atoms with Gasteiger partial charge in [0.25, 0.3) is 11.4 Å². The van der Waals surface area contributed by atoms with Gasteiger partial charge in [0.15, 0.2) is 0 Å². The molecular formula is C17H19N5O6S. The Hall–Kier alpha value is -3.38. The van der Waals surface area contributed by atoms with Crippen molar-refractivity contribution in [3.05, 3.63) is 68.3 Å². The quantitative estimate of drug-likeness (QED) is 0.372. The van der Waals surface area contributed by atoms with Crippen LogP contribution in [0.1, 0.15) is 19.4 Å². The molecule has 0 saturated carbocycles. The molecule has 0 saturated heterocycles. The maximum Gasteiger partial charge on any atom is 0.278 e. The zero-order chi connectivity index (χ0) is 21.6. The second kappa shape index (κ2) is 9.21. The van der Waals surface area contributed by atoms with Crippen molar-refractivity contribution in [2.24, 2.45) is 5.10 Å². The molecule has 11 nitrogen and oxygen atoms in total. The van der Waals surface area contributed by atoms with E-state index in [-0.39, 0.29) is 40.6 Å². The lowest BCUT2D eigenvalue weighted by Gasteiger charge is -2.20. The Morgan fingerprint density at radius 3 is 2.31 bits per heavy atom. The number of anilines is 1. The van der Waals surface area contributed by atoms with E-state index in [0.29, 0.717) is 0 Å². The van der Waals surface area contributed by atoms with Crippen molar-refractivity contribution in [1.82, 2.24) is 4.31 Å². The number of nitro groups is 2. The third-order valence-corrected chi connectivity index (χ3v) is 6.11. The first-order chi connectivity index (χ1) is 13.7. The number of hydrogen-bond donors (Lipinski definition) is 1. The smallest absolute Gasteiger partial charge is 0.277 e. The van der Waals surface area contributed by atoms with Crippen molar-refractivity contribution in [2.45, 2.75) is 18.7 Å². The lowest BCUT2D eigenvalue weighted by atomic mass is 10.2. The number of para-hydroxylation sites is 1.